The van der Waals surface area contributed by atoms with Crippen LogP contribution in [-0.2, 0) is 46.3 Å². The minimum Gasteiger partial charge on any atom is -0.358 e. The summed E-state index contributed by atoms with van der Waals surface area (Å²) in [6.07, 6.45) is -1.69. The second kappa shape index (κ2) is 14.6. The van der Waals surface area contributed by atoms with Gasteiger partial charge in [0, 0.05) is 5.41 Å². The lowest BCUT2D eigenvalue weighted by atomic mass is 9.82. The zero-order valence-electron chi connectivity index (χ0n) is 22.2. The Kier molecular flexibility index (Phi) is 13.2. The fourth-order valence-electron chi connectivity index (χ4n) is 3.72. The SMILES string of the molecule is CCOP(=O)(CNC(=O)C1N(C(=O)CNC(=O)CP(=O)(OCC)OCC)C(C)OCC1(C)C)OCC. The molecule has 1 fully saturated rings. The van der Waals surface area contributed by atoms with E-state index in [1.807, 2.05) is 0 Å². The van der Waals surface area contributed by atoms with Crippen molar-refractivity contribution in [3.8, 4) is 0 Å². The van der Waals surface area contributed by atoms with Crippen molar-refractivity contribution in [2.45, 2.75) is 60.7 Å². The molecule has 1 heterocycles. The topological polar surface area (TPSA) is 159 Å². The minimum atomic E-state index is -3.64. The molecule has 36 heavy (non-hydrogen) atoms. The molecule has 0 aromatic carbocycles. The predicted octanol–water partition coefficient (Wildman–Crippen LogP) is 2.31. The molecule has 1 saturated heterocycles. The van der Waals surface area contributed by atoms with E-state index in [0.29, 0.717) is 0 Å². The smallest absolute Gasteiger partial charge is 0.349 e. The zero-order chi connectivity index (χ0) is 27.6. The summed E-state index contributed by atoms with van der Waals surface area (Å²) in [5.41, 5.74) is -0.808. The van der Waals surface area contributed by atoms with E-state index >= 15 is 0 Å². The lowest BCUT2D eigenvalue weighted by molar-refractivity contribution is -0.189. The largest absolute Gasteiger partial charge is 0.358 e. The first kappa shape index (κ1) is 32.7. The zero-order valence-corrected chi connectivity index (χ0v) is 24.0. The molecule has 0 radical (unpaired) electrons. The molecule has 0 spiro atoms. The van der Waals surface area contributed by atoms with Crippen LogP contribution in [0.1, 0.15) is 48.5 Å². The first-order valence-electron chi connectivity index (χ1n) is 12.0. The molecule has 0 aliphatic carbocycles. The molecule has 1 aliphatic rings. The van der Waals surface area contributed by atoms with E-state index in [0.717, 1.165) is 0 Å². The van der Waals surface area contributed by atoms with Gasteiger partial charge in [0.15, 0.2) is 0 Å². The highest BCUT2D eigenvalue weighted by molar-refractivity contribution is 7.54. The van der Waals surface area contributed by atoms with E-state index in [1.165, 1.54) is 4.90 Å². The van der Waals surface area contributed by atoms with Crippen LogP contribution in [0.4, 0.5) is 0 Å². The van der Waals surface area contributed by atoms with Gasteiger partial charge < -0.3 is 38.4 Å². The number of ether oxygens (including phenoxy) is 1. The Labute approximate surface area is 213 Å². The maximum Gasteiger partial charge on any atom is 0.349 e. The normalized spacial score (nSPS) is 20.1. The number of nitrogens with zero attached hydrogens (tertiary/aromatic N) is 1. The Morgan fingerprint density at radius 3 is 1.92 bits per heavy atom. The summed E-state index contributed by atoms with van der Waals surface area (Å²) in [6.45, 7) is 11.9. The molecule has 2 N–H and O–H groups in total. The average Bonchev–Trinajstić information content (AvgIpc) is 2.77. The molecule has 3 amide bonds. The highest BCUT2D eigenvalue weighted by Crippen LogP contribution is 2.48. The van der Waals surface area contributed by atoms with E-state index in [-0.39, 0.29) is 39.3 Å². The predicted molar refractivity (Wildman–Crippen MR) is 132 cm³/mol. The Morgan fingerprint density at radius 2 is 1.42 bits per heavy atom. The van der Waals surface area contributed by atoms with Crippen LogP contribution in [0.25, 0.3) is 0 Å². The number of rotatable bonds is 15. The molecule has 2 unspecified atom stereocenters. The van der Waals surface area contributed by atoms with Gasteiger partial charge in [-0.3, -0.25) is 23.5 Å². The van der Waals surface area contributed by atoms with Crippen molar-refractivity contribution < 1.29 is 46.3 Å². The van der Waals surface area contributed by atoms with Gasteiger partial charge >= 0.3 is 15.2 Å². The van der Waals surface area contributed by atoms with Crippen LogP contribution in [0.15, 0.2) is 0 Å². The summed E-state index contributed by atoms with van der Waals surface area (Å²) in [7, 11) is -7.20. The van der Waals surface area contributed by atoms with Crippen LogP contribution in [0.5, 0.6) is 0 Å². The van der Waals surface area contributed by atoms with Gasteiger partial charge in [0.25, 0.3) is 0 Å². The molecule has 2 atom stereocenters. The van der Waals surface area contributed by atoms with Crippen molar-refractivity contribution in [2.75, 3.05) is 52.0 Å². The van der Waals surface area contributed by atoms with E-state index in [4.69, 9.17) is 22.8 Å². The molecule has 13 nitrogen and oxygen atoms in total. The van der Waals surface area contributed by atoms with Gasteiger partial charge in [-0.05, 0) is 34.6 Å². The number of hydrogen-bond donors (Lipinski definition) is 2. The molecular weight excluding hydrogens is 516 g/mol. The number of carbonyl (C=O) groups is 3. The van der Waals surface area contributed by atoms with E-state index in [9.17, 15) is 23.5 Å². The van der Waals surface area contributed by atoms with Crippen LogP contribution in [0.2, 0.25) is 0 Å². The van der Waals surface area contributed by atoms with E-state index in [1.54, 1.807) is 48.5 Å². The molecular formula is C21H41N3O10P2. The summed E-state index contributed by atoms with van der Waals surface area (Å²) < 4.78 is 51.7. The number of nitrogens with one attached hydrogen (secondary N) is 2. The highest BCUT2D eigenvalue weighted by Gasteiger charge is 2.48. The number of amides is 3. The molecule has 0 aromatic rings. The summed E-state index contributed by atoms with van der Waals surface area (Å²) in [4.78, 5) is 40.0. The third-order valence-corrected chi connectivity index (χ3v) is 8.99. The van der Waals surface area contributed by atoms with Crippen LogP contribution in [0, 0.1) is 5.41 Å². The molecule has 0 saturated carbocycles. The van der Waals surface area contributed by atoms with Crippen LogP contribution in [0.3, 0.4) is 0 Å². The van der Waals surface area contributed by atoms with Gasteiger partial charge in [0.1, 0.15) is 24.7 Å². The van der Waals surface area contributed by atoms with Gasteiger partial charge in [-0.25, -0.2) is 0 Å². The second-order valence-corrected chi connectivity index (χ2v) is 12.7. The quantitative estimate of drug-likeness (QED) is 0.286. The van der Waals surface area contributed by atoms with Gasteiger partial charge in [0.05, 0.1) is 39.6 Å². The number of carbonyl (C=O) groups excluding carboxylic acids is 3. The fraction of sp³-hybridized carbons (Fsp3) is 0.857. The van der Waals surface area contributed by atoms with Gasteiger partial charge in [-0.2, -0.15) is 0 Å². The van der Waals surface area contributed by atoms with E-state index < -0.39 is 63.3 Å². The summed E-state index contributed by atoms with van der Waals surface area (Å²) >= 11 is 0. The van der Waals surface area contributed by atoms with Gasteiger partial charge in [-0.1, -0.05) is 13.8 Å². The molecule has 210 valence electrons. The molecule has 1 rings (SSSR count). The maximum absolute atomic E-state index is 13.2. The molecule has 1 aliphatic heterocycles. The Bertz CT molecular complexity index is 834. The van der Waals surface area contributed by atoms with Crippen molar-refractivity contribution in [1.29, 1.82) is 0 Å². The van der Waals surface area contributed by atoms with E-state index in [2.05, 4.69) is 10.6 Å². The molecule has 15 heteroatoms. The Balaban J connectivity index is 2.97. The van der Waals surface area contributed by atoms with Gasteiger partial charge in [-0.15, -0.1) is 0 Å². The van der Waals surface area contributed by atoms with Crippen molar-refractivity contribution in [1.82, 2.24) is 15.5 Å². The van der Waals surface area contributed by atoms with Crippen molar-refractivity contribution in [3.63, 3.8) is 0 Å². The standard InChI is InChI=1S/C21H41N3O10P2/c1-8-31-35(28,32-9-2)13-17(25)22-12-18(26)24-16(5)30-14-21(6,7)19(24)20(27)23-15-36(29,33-10-3)34-11-4/h16,19H,8-15H2,1-7H3,(H,22,25)(H,23,27). The lowest BCUT2D eigenvalue weighted by Gasteiger charge is -2.48. The Hall–Kier alpha value is -1.33. The monoisotopic (exact) mass is 557 g/mol. The number of hydrogen-bond acceptors (Lipinski definition) is 10. The van der Waals surface area contributed by atoms with Crippen LogP contribution < -0.4 is 10.6 Å². The summed E-state index contributed by atoms with van der Waals surface area (Å²) in [5.74, 6) is -1.86. The molecule has 0 bridgehead atoms. The maximum atomic E-state index is 13.2. The third-order valence-electron chi connectivity index (χ3n) is 5.17. The first-order valence-corrected chi connectivity index (χ1v) is 15.5. The average molecular weight is 558 g/mol. The summed E-state index contributed by atoms with van der Waals surface area (Å²) in [5, 5.41) is 5.00. The van der Waals surface area contributed by atoms with Crippen molar-refractivity contribution in [2.24, 2.45) is 5.41 Å². The highest BCUT2D eigenvalue weighted by atomic mass is 31.2. The summed E-state index contributed by atoms with van der Waals surface area (Å²) in [6, 6.07) is -1.000. The Morgan fingerprint density at radius 1 is 0.917 bits per heavy atom. The first-order chi connectivity index (χ1) is 16.8. The minimum absolute atomic E-state index is 0.0948. The van der Waals surface area contributed by atoms with Crippen LogP contribution >= 0.6 is 15.2 Å². The fourth-order valence-corrected chi connectivity index (χ4v) is 6.62. The third kappa shape index (κ3) is 9.52. The van der Waals surface area contributed by atoms with Crippen LogP contribution in [-0.4, -0.2) is 86.9 Å². The van der Waals surface area contributed by atoms with Gasteiger partial charge in [0.2, 0.25) is 17.7 Å². The van der Waals surface area contributed by atoms with Crippen molar-refractivity contribution in [3.05, 3.63) is 0 Å². The lowest BCUT2D eigenvalue weighted by Crippen LogP contribution is -2.65. The second-order valence-electron chi connectivity index (χ2n) is 8.63. The van der Waals surface area contributed by atoms with Crippen molar-refractivity contribution >= 4 is 32.9 Å². The molecule has 0 aromatic heterocycles.